The van der Waals surface area contributed by atoms with Gasteiger partial charge in [-0.3, -0.25) is 9.78 Å². The van der Waals surface area contributed by atoms with E-state index in [0.29, 0.717) is 24.7 Å². The van der Waals surface area contributed by atoms with Gasteiger partial charge in [0.2, 0.25) is 17.6 Å². The highest BCUT2D eigenvalue weighted by Crippen LogP contribution is 2.27. The second kappa shape index (κ2) is 4.92. The van der Waals surface area contributed by atoms with Crippen molar-refractivity contribution in [2.24, 2.45) is 0 Å². The molecule has 0 spiro atoms. The van der Waals surface area contributed by atoms with E-state index in [1.165, 1.54) is 0 Å². The molecule has 0 aromatic carbocycles. The molecule has 2 fully saturated rings. The lowest BCUT2D eigenvalue weighted by Crippen LogP contribution is -2.35. The number of fused-ring (bicyclic) bond motifs is 1. The molecular formula is C14H15N5O2. The molecular weight excluding hydrogens is 270 g/mol. The Kier molecular flexibility index (Phi) is 2.92. The molecule has 2 aromatic heterocycles. The van der Waals surface area contributed by atoms with Gasteiger partial charge in [-0.05, 0) is 25.1 Å². The van der Waals surface area contributed by atoms with Gasteiger partial charge < -0.3 is 14.7 Å². The zero-order valence-corrected chi connectivity index (χ0v) is 11.4. The number of aromatic nitrogens is 3. The average molecular weight is 285 g/mol. The van der Waals surface area contributed by atoms with Crippen molar-refractivity contribution < 1.29 is 9.32 Å². The molecule has 2 aromatic rings. The number of carbonyl (C=O) groups excluding carboxylic acids is 1. The first kappa shape index (κ1) is 12.5. The van der Waals surface area contributed by atoms with Gasteiger partial charge in [0.05, 0.1) is 0 Å². The Bertz CT molecular complexity index is 656. The average Bonchev–Trinajstić information content (AvgIpc) is 3.19. The molecule has 0 radical (unpaired) electrons. The third-order valence-corrected chi connectivity index (χ3v) is 4.12. The summed E-state index contributed by atoms with van der Waals surface area (Å²) < 4.78 is 5.27. The smallest absolute Gasteiger partial charge is 0.246 e. The van der Waals surface area contributed by atoms with Crippen LogP contribution in [0, 0.1) is 0 Å². The van der Waals surface area contributed by atoms with Crippen LogP contribution < -0.4 is 5.32 Å². The Balaban J connectivity index is 1.53. The normalized spacial score (nSPS) is 24.6. The molecule has 2 saturated heterocycles. The Hall–Kier alpha value is -2.28. The highest BCUT2D eigenvalue weighted by Gasteiger charge is 2.42. The third kappa shape index (κ3) is 2.19. The second-order valence-electron chi connectivity index (χ2n) is 5.40. The quantitative estimate of drug-likeness (QED) is 0.888. The zero-order valence-electron chi connectivity index (χ0n) is 11.4. The van der Waals surface area contributed by atoms with Crippen molar-refractivity contribution >= 4 is 5.91 Å². The van der Waals surface area contributed by atoms with Gasteiger partial charge in [0.25, 0.3) is 0 Å². The van der Waals surface area contributed by atoms with Crippen LogP contribution in [0.2, 0.25) is 0 Å². The van der Waals surface area contributed by atoms with Crippen LogP contribution in [0.5, 0.6) is 0 Å². The maximum atomic E-state index is 12.1. The predicted molar refractivity (Wildman–Crippen MR) is 72.9 cm³/mol. The van der Waals surface area contributed by atoms with Gasteiger partial charge in [0.1, 0.15) is 6.54 Å². The molecule has 4 heterocycles. The van der Waals surface area contributed by atoms with Gasteiger partial charge in [-0.25, -0.2) is 0 Å². The van der Waals surface area contributed by atoms with Crippen LogP contribution in [0.3, 0.4) is 0 Å². The summed E-state index contributed by atoms with van der Waals surface area (Å²) in [6, 6.07) is 4.23. The first-order chi connectivity index (χ1) is 10.3. The van der Waals surface area contributed by atoms with Crippen LogP contribution in [0.15, 0.2) is 29.0 Å². The Morgan fingerprint density at radius 3 is 3.29 bits per heavy atom. The van der Waals surface area contributed by atoms with E-state index < -0.39 is 0 Å². The summed E-state index contributed by atoms with van der Waals surface area (Å²) in [5, 5.41) is 7.32. The fraction of sp³-hybridized carbons (Fsp3) is 0.429. The van der Waals surface area contributed by atoms with E-state index in [0.717, 1.165) is 18.5 Å². The molecule has 2 atom stereocenters. The van der Waals surface area contributed by atoms with E-state index in [2.05, 4.69) is 20.4 Å². The highest BCUT2D eigenvalue weighted by atomic mass is 16.5. The van der Waals surface area contributed by atoms with Crippen LogP contribution in [0.25, 0.3) is 11.4 Å². The van der Waals surface area contributed by atoms with Gasteiger partial charge in [-0.15, -0.1) is 0 Å². The van der Waals surface area contributed by atoms with Gasteiger partial charge in [-0.2, -0.15) is 4.98 Å². The number of likely N-dealkylation sites (tertiary alicyclic amines) is 1. The molecule has 0 saturated carbocycles. The third-order valence-electron chi connectivity index (χ3n) is 4.12. The van der Waals surface area contributed by atoms with E-state index >= 15 is 0 Å². The van der Waals surface area contributed by atoms with Crippen molar-refractivity contribution in [1.29, 1.82) is 0 Å². The van der Waals surface area contributed by atoms with Gasteiger partial charge in [0, 0.05) is 36.5 Å². The number of amides is 1. The first-order valence-corrected chi connectivity index (χ1v) is 7.07. The summed E-state index contributed by atoms with van der Waals surface area (Å²) in [5.41, 5.74) is 0.806. The fourth-order valence-electron chi connectivity index (χ4n) is 3.11. The molecule has 7 heteroatoms. The van der Waals surface area contributed by atoms with Crippen molar-refractivity contribution in [2.45, 2.75) is 31.5 Å². The maximum absolute atomic E-state index is 12.1. The van der Waals surface area contributed by atoms with Crippen LogP contribution in [0.4, 0.5) is 0 Å². The molecule has 2 aliphatic heterocycles. The number of rotatable bonds is 3. The largest absolute Gasteiger partial charge is 0.337 e. The van der Waals surface area contributed by atoms with Crippen molar-refractivity contribution in [3.8, 4) is 11.4 Å². The van der Waals surface area contributed by atoms with E-state index in [4.69, 9.17) is 4.52 Å². The van der Waals surface area contributed by atoms with Crippen molar-refractivity contribution in [3.05, 3.63) is 30.4 Å². The minimum absolute atomic E-state index is 0.151. The van der Waals surface area contributed by atoms with Crippen molar-refractivity contribution in [3.63, 3.8) is 0 Å². The van der Waals surface area contributed by atoms with Crippen molar-refractivity contribution in [2.75, 3.05) is 6.54 Å². The monoisotopic (exact) mass is 285 g/mol. The number of nitrogens with one attached hydrogen (secondary N) is 1. The number of pyridine rings is 1. The van der Waals surface area contributed by atoms with Gasteiger partial charge >= 0.3 is 0 Å². The summed E-state index contributed by atoms with van der Waals surface area (Å²) in [6.07, 6.45) is 4.93. The Labute approximate surface area is 121 Å². The van der Waals surface area contributed by atoms with Crippen LogP contribution in [-0.4, -0.2) is 44.6 Å². The number of nitrogens with zero attached hydrogens (tertiary/aromatic N) is 4. The summed E-state index contributed by atoms with van der Waals surface area (Å²) in [6.45, 7) is 1.35. The predicted octanol–water partition coefficient (Wildman–Crippen LogP) is 0.594. The molecule has 1 amide bonds. The topological polar surface area (TPSA) is 84.2 Å². The lowest BCUT2D eigenvalue weighted by atomic mass is 10.1. The summed E-state index contributed by atoms with van der Waals surface area (Å²) >= 11 is 0. The Morgan fingerprint density at radius 2 is 2.43 bits per heavy atom. The summed E-state index contributed by atoms with van der Waals surface area (Å²) in [4.78, 5) is 22.3. The number of carbonyl (C=O) groups is 1. The minimum atomic E-state index is 0.151. The fourth-order valence-corrected chi connectivity index (χ4v) is 3.11. The number of hydrogen-bond acceptors (Lipinski definition) is 6. The summed E-state index contributed by atoms with van der Waals surface area (Å²) in [7, 11) is 0. The van der Waals surface area contributed by atoms with Crippen LogP contribution in [0.1, 0.15) is 18.7 Å². The van der Waals surface area contributed by atoms with Crippen molar-refractivity contribution in [1.82, 2.24) is 25.3 Å². The molecule has 0 aliphatic carbocycles. The molecule has 0 unspecified atom stereocenters. The minimum Gasteiger partial charge on any atom is -0.337 e. The van der Waals surface area contributed by atoms with Gasteiger partial charge in [0.15, 0.2) is 0 Å². The molecule has 21 heavy (non-hydrogen) atoms. The van der Waals surface area contributed by atoms with Crippen LogP contribution >= 0.6 is 0 Å². The SMILES string of the molecule is O=C1C[C@H]2NCC[C@H]2N1Cc1nc(-c2cccnc2)no1. The van der Waals surface area contributed by atoms with Gasteiger partial charge in [-0.1, -0.05) is 5.16 Å². The van der Waals surface area contributed by atoms with Crippen LogP contribution in [-0.2, 0) is 11.3 Å². The maximum Gasteiger partial charge on any atom is 0.246 e. The zero-order chi connectivity index (χ0) is 14.2. The Morgan fingerprint density at radius 1 is 1.48 bits per heavy atom. The molecule has 2 aliphatic rings. The second-order valence-corrected chi connectivity index (χ2v) is 5.40. The standard InChI is InChI=1S/C14H15N5O2/c20-13-6-10-11(3-5-16-10)19(13)8-12-17-14(18-21-12)9-2-1-4-15-7-9/h1-2,4,7,10-11,16H,3,5-6,8H2/t10-,11-/m1/s1. The first-order valence-electron chi connectivity index (χ1n) is 7.07. The number of hydrogen-bond donors (Lipinski definition) is 1. The molecule has 1 N–H and O–H groups in total. The lowest BCUT2D eigenvalue weighted by Gasteiger charge is -2.21. The lowest BCUT2D eigenvalue weighted by molar-refractivity contribution is -0.129. The molecule has 0 bridgehead atoms. The molecule has 7 nitrogen and oxygen atoms in total. The van der Waals surface area contributed by atoms with E-state index in [9.17, 15) is 4.79 Å². The summed E-state index contributed by atoms with van der Waals surface area (Å²) in [5.74, 6) is 1.12. The highest BCUT2D eigenvalue weighted by molar-refractivity contribution is 5.80. The van der Waals surface area contributed by atoms with E-state index in [-0.39, 0.29) is 18.0 Å². The van der Waals surface area contributed by atoms with E-state index in [1.807, 2.05) is 17.0 Å². The molecule has 108 valence electrons. The molecule has 4 rings (SSSR count). The van der Waals surface area contributed by atoms with E-state index in [1.54, 1.807) is 12.4 Å².